The lowest BCUT2D eigenvalue weighted by molar-refractivity contribution is 0.229. The van der Waals surface area contributed by atoms with Crippen LogP contribution in [0.2, 0.25) is 0 Å². The number of aryl methyl sites for hydroxylation is 1. The van der Waals surface area contributed by atoms with Crippen molar-refractivity contribution in [1.29, 1.82) is 0 Å². The van der Waals surface area contributed by atoms with E-state index in [1.165, 1.54) is 11.1 Å². The summed E-state index contributed by atoms with van der Waals surface area (Å²) in [5.41, 5.74) is 4.72. The summed E-state index contributed by atoms with van der Waals surface area (Å²) in [6.45, 7) is 6.24. The van der Waals surface area contributed by atoms with E-state index in [0.29, 0.717) is 0 Å². The Labute approximate surface area is 143 Å². The standard InChI is InChI=1S/C20H25N3O/c1-13(2)18(19-14(3)7-6-10-21-19)23-20(24)22-17-11-15-8-4-5-9-16(15)12-17/h4-10,13,17-18H,11-12H2,1-3H3,(H2,22,23,24). The van der Waals surface area contributed by atoms with Crippen LogP contribution in [0.1, 0.15) is 42.3 Å². The van der Waals surface area contributed by atoms with Gasteiger partial charge < -0.3 is 10.6 Å². The van der Waals surface area contributed by atoms with Crippen LogP contribution in [0.4, 0.5) is 4.79 Å². The first kappa shape index (κ1) is 16.5. The molecule has 1 aliphatic carbocycles. The molecule has 1 heterocycles. The molecule has 1 unspecified atom stereocenters. The number of carbonyl (C=O) groups excluding carboxylic acids is 1. The molecule has 0 fully saturated rings. The third-order valence-electron chi connectivity index (χ3n) is 4.68. The summed E-state index contributed by atoms with van der Waals surface area (Å²) in [4.78, 5) is 17.0. The second-order valence-electron chi connectivity index (χ2n) is 6.92. The molecular formula is C20H25N3O. The molecule has 2 N–H and O–H groups in total. The number of carbonyl (C=O) groups is 1. The summed E-state index contributed by atoms with van der Waals surface area (Å²) >= 11 is 0. The van der Waals surface area contributed by atoms with Crippen LogP contribution in [0.15, 0.2) is 42.6 Å². The van der Waals surface area contributed by atoms with Crippen LogP contribution in [0.5, 0.6) is 0 Å². The lowest BCUT2D eigenvalue weighted by Crippen LogP contribution is -2.45. The minimum atomic E-state index is -0.114. The first-order chi connectivity index (χ1) is 11.5. The first-order valence-corrected chi connectivity index (χ1v) is 8.60. The smallest absolute Gasteiger partial charge is 0.315 e. The van der Waals surface area contributed by atoms with Crippen molar-refractivity contribution >= 4 is 6.03 Å². The lowest BCUT2D eigenvalue weighted by Gasteiger charge is -2.24. The zero-order chi connectivity index (χ0) is 17.1. The fourth-order valence-corrected chi connectivity index (χ4v) is 3.40. The van der Waals surface area contributed by atoms with E-state index in [2.05, 4.69) is 53.7 Å². The minimum Gasteiger partial charge on any atom is -0.335 e. The summed E-state index contributed by atoms with van der Waals surface area (Å²) < 4.78 is 0. The summed E-state index contributed by atoms with van der Waals surface area (Å²) in [5.74, 6) is 0.269. The van der Waals surface area contributed by atoms with Crippen molar-refractivity contribution in [1.82, 2.24) is 15.6 Å². The number of hydrogen-bond acceptors (Lipinski definition) is 2. The Balaban J connectivity index is 1.64. The average Bonchev–Trinajstić information content (AvgIpc) is 2.95. The van der Waals surface area contributed by atoms with Gasteiger partial charge in [0, 0.05) is 12.2 Å². The van der Waals surface area contributed by atoms with Crippen LogP contribution >= 0.6 is 0 Å². The number of benzene rings is 1. The molecule has 126 valence electrons. The van der Waals surface area contributed by atoms with Gasteiger partial charge in [-0.25, -0.2) is 4.79 Å². The zero-order valence-corrected chi connectivity index (χ0v) is 14.5. The zero-order valence-electron chi connectivity index (χ0n) is 14.5. The third kappa shape index (κ3) is 3.58. The highest BCUT2D eigenvalue weighted by atomic mass is 16.2. The van der Waals surface area contributed by atoms with Crippen molar-refractivity contribution in [2.75, 3.05) is 0 Å². The molecule has 0 bridgehead atoms. The Bertz CT molecular complexity index is 701. The van der Waals surface area contributed by atoms with Crippen molar-refractivity contribution in [2.24, 2.45) is 5.92 Å². The van der Waals surface area contributed by atoms with E-state index in [-0.39, 0.29) is 24.0 Å². The second-order valence-corrected chi connectivity index (χ2v) is 6.92. The van der Waals surface area contributed by atoms with E-state index in [1.54, 1.807) is 6.20 Å². The molecule has 0 saturated heterocycles. The van der Waals surface area contributed by atoms with Crippen LogP contribution in [0, 0.1) is 12.8 Å². The van der Waals surface area contributed by atoms with Gasteiger partial charge in [-0.05, 0) is 48.4 Å². The van der Waals surface area contributed by atoms with E-state index < -0.39 is 0 Å². The summed E-state index contributed by atoms with van der Waals surface area (Å²) in [6, 6.07) is 12.3. The molecule has 1 aromatic carbocycles. The largest absolute Gasteiger partial charge is 0.335 e. The molecule has 0 radical (unpaired) electrons. The Morgan fingerprint density at radius 1 is 1.12 bits per heavy atom. The van der Waals surface area contributed by atoms with Crippen LogP contribution in [0.3, 0.4) is 0 Å². The number of nitrogens with one attached hydrogen (secondary N) is 2. The van der Waals surface area contributed by atoms with Gasteiger partial charge in [0.05, 0.1) is 11.7 Å². The molecule has 4 nitrogen and oxygen atoms in total. The Morgan fingerprint density at radius 2 is 1.79 bits per heavy atom. The van der Waals surface area contributed by atoms with Gasteiger partial charge in [0.1, 0.15) is 0 Å². The molecule has 1 aliphatic rings. The molecule has 0 saturated carbocycles. The molecule has 0 spiro atoms. The van der Waals surface area contributed by atoms with Crippen molar-refractivity contribution in [3.05, 3.63) is 65.0 Å². The average molecular weight is 323 g/mol. The molecule has 24 heavy (non-hydrogen) atoms. The number of nitrogens with zero attached hydrogens (tertiary/aromatic N) is 1. The molecular weight excluding hydrogens is 298 g/mol. The maximum atomic E-state index is 12.5. The highest BCUT2D eigenvalue weighted by Gasteiger charge is 2.25. The summed E-state index contributed by atoms with van der Waals surface area (Å²) in [7, 11) is 0. The van der Waals surface area contributed by atoms with Gasteiger partial charge in [-0.15, -0.1) is 0 Å². The van der Waals surface area contributed by atoms with Gasteiger partial charge in [0.15, 0.2) is 0 Å². The number of amides is 2. The summed E-state index contributed by atoms with van der Waals surface area (Å²) in [5, 5.41) is 6.24. The Kier molecular flexibility index (Phi) is 4.84. The molecule has 4 heteroatoms. The lowest BCUT2D eigenvalue weighted by atomic mass is 9.97. The predicted molar refractivity (Wildman–Crippen MR) is 95.9 cm³/mol. The van der Waals surface area contributed by atoms with Crippen LogP contribution in [0.25, 0.3) is 0 Å². The number of rotatable bonds is 4. The van der Waals surface area contributed by atoms with E-state index in [9.17, 15) is 4.79 Å². The fraction of sp³-hybridized carbons (Fsp3) is 0.400. The SMILES string of the molecule is Cc1cccnc1C(NC(=O)NC1Cc2ccccc2C1)C(C)C. The highest BCUT2D eigenvalue weighted by molar-refractivity contribution is 5.75. The van der Waals surface area contributed by atoms with E-state index >= 15 is 0 Å². The normalized spacial score (nSPS) is 15.2. The summed E-state index contributed by atoms with van der Waals surface area (Å²) in [6.07, 6.45) is 3.59. The molecule has 2 aromatic rings. The van der Waals surface area contributed by atoms with Gasteiger partial charge in [-0.2, -0.15) is 0 Å². The van der Waals surface area contributed by atoms with Crippen LogP contribution in [-0.4, -0.2) is 17.1 Å². The minimum absolute atomic E-state index is 0.0880. The van der Waals surface area contributed by atoms with Gasteiger partial charge in [0.2, 0.25) is 0 Å². The molecule has 3 rings (SSSR count). The number of aromatic nitrogens is 1. The molecule has 2 amide bonds. The highest BCUT2D eigenvalue weighted by Crippen LogP contribution is 2.24. The van der Waals surface area contributed by atoms with Crippen LogP contribution in [-0.2, 0) is 12.8 Å². The van der Waals surface area contributed by atoms with Crippen molar-refractivity contribution in [3.63, 3.8) is 0 Å². The molecule has 1 atom stereocenters. The topological polar surface area (TPSA) is 54.0 Å². The monoisotopic (exact) mass is 323 g/mol. The number of hydrogen-bond donors (Lipinski definition) is 2. The van der Waals surface area contributed by atoms with E-state index in [4.69, 9.17) is 0 Å². The quantitative estimate of drug-likeness (QED) is 0.904. The fourth-order valence-electron chi connectivity index (χ4n) is 3.40. The van der Waals surface area contributed by atoms with E-state index in [0.717, 1.165) is 24.1 Å². The maximum absolute atomic E-state index is 12.5. The number of fused-ring (bicyclic) bond motifs is 1. The van der Waals surface area contributed by atoms with Gasteiger partial charge in [-0.1, -0.05) is 44.2 Å². The van der Waals surface area contributed by atoms with Gasteiger partial charge in [0.25, 0.3) is 0 Å². The van der Waals surface area contributed by atoms with E-state index in [1.807, 2.05) is 19.1 Å². The van der Waals surface area contributed by atoms with Crippen molar-refractivity contribution in [2.45, 2.75) is 45.7 Å². The molecule has 1 aromatic heterocycles. The van der Waals surface area contributed by atoms with Crippen molar-refractivity contribution < 1.29 is 4.79 Å². The Morgan fingerprint density at radius 3 is 2.38 bits per heavy atom. The number of urea groups is 1. The Hall–Kier alpha value is -2.36. The maximum Gasteiger partial charge on any atom is 0.315 e. The second kappa shape index (κ2) is 7.04. The van der Waals surface area contributed by atoms with Gasteiger partial charge in [-0.3, -0.25) is 4.98 Å². The first-order valence-electron chi connectivity index (χ1n) is 8.60. The van der Waals surface area contributed by atoms with Crippen molar-refractivity contribution in [3.8, 4) is 0 Å². The third-order valence-corrected chi connectivity index (χ3v) is 4.68. The van der Waals surface area contributed by atoms with Crippen LogP contribution < -0.4 is 10.6 Å². The predicted octanol–water partition coefficient (Wildman–Crippen LogP) is 3.55. The van der Waals surface area contributed by atoms with Gasteiger partial charge >= 0.3 is 6.03 Å². The number of pyridine rings is 1. The molecule has 0 aliphatic heterocycles.